The van der Waals surface area contributed by atoms with Gasteiger partial charge in [0.1, 0.15) is 11.6 Å². The maximum atomic E-state index is 13.6. The fourth-order valence-electron chi connectivity index (χ4n) is 1.56. The number of hydrogen-bond acceptors (Lipinski definition) is 2. The summed E-state index contributed by atoms with van der Waals surface area (Å²) in [5.41, 5.74) is 0.962. The van der Waals surface area contributed by atoms with Crippen molar-refractivity contribution in [1.29, 1.82) is 0 Å². The summed E-state index contributed by atoms with van der Waals surface area (Å²) >= 11 is 5.67. The van der Waals surface area contributed by atoms with Crippen LogP contribution < -0.4 is 5.32 Å². The van der Waals surface area contributed by atoms with Crippen LogP contribution in [-0.2, 0) is 0 Å². The highest BCUT2D eigenvalue weighted by Crippen LogP contribution is 2.23. The van der Waals surface area contributed by atoms with Gasteiger partial charge in [0.25, 0.3) is 0 Å². The lowest BCUT2D eigenvalue weighted by Gasteiger charge is -2.15. The van der Waals surface area contributed by atoms with Crippen LogP contribution in [0.5, 0.6) is 0 Å². The lowest BCUT2D eigenvalue weighted by molar-refractivity contribution is 0.615. The molecule has 0 spiro atoms. The Morgan fingerprint density at radius 1 is 1.22 bits per heavy atom. The van der Waals surface area contributed by atoms with Crippen molar-refractivity contribution in [2.75, 3.05) is 5.32 Å². The molecule has 0 aliphatic rings. The Balaban J connectivity index is 2.15. The van der Waals surface area contributed by atoms with Crippen LogP contribution in [0.2, 0.25) is 5.02 Å². The van der Waals surface area contributed by atoms with Gasteiger partial charge in [-0.15, -0.1) is 0 Å². The number of nitrogens with zero attached hydrogens (tertiary/aromatic N) is 1. The van der Waals surface area contributed by atoms with E-state index in [4.69, 9.17) is 11.6 Å². The molecule has 2 aromatic rings. The molecule has 1 heterocycles. The van der Waals surface area contributed by atoms with Gasteiger partial charge in [-0.25, -0.2) is 8.78 Å². The Bertz CT molecular complexity index is 543. The molecular weight excluding hydrogens is 258 g/mol. The molecule has 0 radical (unpaired) electrons. The van der Waals surface area contributed by atoms with Gasteiger partial charge >= 0.3 is 0 Å². The van der Waals surface area contributed by atoms with Crippen molar-refractivity contribution >= 4 is 17.3 Å². The minimum absolute atomic E-state index is 0.235. The number of aromatic nitrogens is 1. The van der Waals surface area contributed by atoms with E-state index >= 15 is 0 Å². The number of rotatable bonds is 3. The molecule has 0 aliphatic heterocycles. The van der Waals surface area contributed by atoms with Crippen LogP contribution in [-0.4, -0.2) is 4.98 Å². The summed E-state index contributed by atoms with van der Waals surface area (Å²) in [6, 6.07) is 7.02. The lowest BCUT2D eigenvalue weighted by Crippen LogP contribution is -2.09. The number of hydrogen-bond donors (Lipinski definition) is 1. The minimum atomic E-state index is -0.434. The average molecular weight is 269 g/mol. The van der Waals surface area contributed by atoms with Crippen molar-refractivity contribution < 1.29 is 8.78 Å². The predicted molar refractivity (Wildman–Crippen MR) is 67.6 cm³/mol. The van der Waals surface area contributed by atoms with E-state index in [1.807, 2.05) is 6.92 Å². The summed E-state index contributed by atoms with van der Waals surface area (Å²) in [5.74, 6) is -0.833. The second kappa shape index (κ2) is 5.31. The van der Waals surface area contributed by atoms with Crippen LogP contribution in [0, 0.1) is 11.6 Å². The number of anilines is 1. The van der Waals surface area contributed by atoms with Crippen LogP contribution >= 0.6 is 11.6 Å². The third-order valence-electron chi connectivity index (χ3n) is 2.50. The first-order valence-corrected chi connectivity index (χ1v) is 5.77. The van der Waals surface area contributed by atoms with Gasteiger partial charge < -0.3 is 5.32 Å². The summed E-state index contributed by atoms with van der Waals surface area (Å²) < 4.78 is 26.3. The van der Waals surface area contributed by atoms with Gasteiger partial charge in [0.15, 0.2) is 0 Å². The molecule has 0 saturated carbocycles. The SMILES string of the molecule is CC(Nc1ccc(Cl)cc1F)c1ccc(F)cn1. The standard InChI is InChI=1S/C13H11ClF2N2/c1-8(12-5-3-10(15)7-17-12)18-13-4-2-9(14)6-11(13)16/h2-8,18H,1H3. The van der Waals surface area contributed by atoms with E-state index in [0.29, 0.717) is 16.4 Å². The van der Waals surface area contributed by atoms with Crippen LogP contribution in [0.25, 0.3) is 0 Å². The first-order valence-electron chi connectivity index (χ1n) is 5.39. The second-order valence-electron chi connectivity index (χ2n) is 3.89. The third kappa shape index (κ3) is 2.96. The van der Waals surface area contributed by atoms with Crippen molar-refractivity contribution in [2.24, 2.45) is 0 Å². The predicted octanol–water partition coefficient (Wildman–Crippen LogP) is 4.19. The van der Waals surface area contributed by atoms with E-state index in [0.717, 1.165) is 6.20 Å². The van der Waals surface area contributed by atoms with Crippen LogP contribution in [0.3, 0.4) is 0 Å². The molecule has 0 bridgehead atoms. The van der Waals surface area contributed by atoms with E-state index in [-0.39, 0.29) is 6.04 Å². The summed E-state index contributed by atoms with van der Waals surface area (Å²) in [7, 11) is 0. The summed E-state index contributed by atoms with van der Waals surface area (Å²) in [5, 5.41) is 3.29. The van der Waals surface area contributed by atoms with Crippen LogP contribution in [0.15, 0.2) is 36.5 Å². The fraction of sp³-hybridized carbons (Fsp3) is 0.154. The topological polar surface area (TPSA) is 24.9 Å². The molecule has 1 unspecified atom stereocenters. The average Bonchev–Trinajstić information content (AvgIpc) is 2.33. The van der Waals surface area contributed by atoms with Crippen LogP contribution in [0.1, 0.15) is 18.7 Å². The van der Waals surface area contributed by atoms with Crippen molar-refractivity contribution in [3.63, 3.8) is 0 Å². The summed E-state index contributed by atoms with van der Waals surface area (Å²) in [6.07, 6.45) is 1.13. The Hall–Kier alpha value is -1.68. The number of nitrogens with one attached hydrogen (secondary N) is 1. The molecule has 0 saturated heterocycles. The van der Waals surface area contributed by atoms with E-state index < -0.39 is 11.6 Å². The molecule has 1 N–H and O–H groups in total. The van der Waals surface area contributed by atoms with Crippen molar-refractivity contribution in [2.45, 2.75) is 13.0 Å². The van der Waals surface area contributed by atoms with Gasteiger partial charge in [0, 0.05) is 5.02 Å². The normalized spacial score (nSPS) is 12.2. The molecule has 2 rings (SSSR count). The lowest BCUT2D eigenvalue weighted by atomic mass is 10.2. The Morgan fingerprint density at radius 3 is 2.61 bits per heavy atom. The van der Waals surface area contributed by atoms with Gasteiger partial charge in [-0.2, -0.15) is 0 Å². The summed E-state index contributed by atoms with van der Waals surface area (Å²) in [6.45, 7) is 1.81. The molecule has 2 nitrogen and oxygen atoms in total. The molecule has 1 aromatic heterocycles. The molecule has 5 heteroatoms. The highest BCUT2D eigenvalue weighted by atomic mass is 35.5. The maximum absolute atomic E-state index is 13.6. The highest BCUT2D eigenvalue weighted by molar-refractivity contribution is 6.30. The first-order chi connectivity index (χ1) is 8.56. The zero-order valence-electron chi connectivity index (χ0n) is 9.62. The van der Waals surface area contributed by atoms with E-state index in [9.17, 15) is 8.78 Å². The number of pyridine rings is 1. The second-order valence-corrected chi connectivity index (χ2v) is 4.33. The zero-order valence-corrected chi connectivity index (χ0v) is 10.4. The quantitative estimate of drug-likeness (QED) is 0.903. The van der Waals surface area contributed by atoms with E-state index in [2.05, 4.69) is 10.3 Å². The molecule has 1 aromatic carbocycles. The molecule has 18 heavy (non-hydrogen) atoms. The number of benzene rings is 1. The highest BCUT2D eigenvalue weighted by Gasteiger charge is 2.10. The minimum Gasteiger partial charge on any atom is -0.375 e. The monoisotopic (exact) mass is 268 g/mol. The maximum Gasteiger partial charge on any atom is 0.147 e. The largest absolute Gasteiger partial charge is 0.375 e. The Kier molecular flexibility index (Phi) is 3.77. The van der Waals surface area contributed by atoms with Crippen molar-refractivity contribution in [3.8, 4) is 0 Å². The van der Waals surface area contributed by atoms with Gasteiger partial charge in [-0.3, -0.25) is 4.98 Å². The van der Waals surface area contributed by atoms with E-state index in [1.165, 1.54) is 12.1 Å². The molecule has 0 aliphatic carbocycles. The molecule has 1 atom stereocenters. The first kappa shape index (κ1) is 12.8. The Labute approximate surface area is 109 Å². The molecule has 0 fully saturated rings. The van der Waals surface area contributed by atoms with Gasteiger partial charge in [0.05, 0.1) is 23.6 Å². The zero-order chi connectivity index (χ0) is 13.1. The van der Waals surface area contributed by atoms with Gasteiger partial charge in [-0.05, 0) is 37.3 Å². The summed E-state index contributed by atoms with van der Waals surface area (Å²) in [4.78, 5) is 3.94. The fourth-order valence-corrected chi connectivity index (χ4v) is 1.72. The Morgan fingerprint density at radius 2 is 2.00 bits per heavy atom. The van der Waals surface area contributed by atoms with E-state index in [1.54, 1.807) is 18.2 Å². The number of halogens is 3. The van der Waals surface area contributed by atoms with Gasteiger partial charge in [0.2, 0.25) is 0 Å². The molecule has 0 amide bonds. The third-order valence-corrected chi connectivity index (χ3v) is 2.73. The smallest absolute Gasteiger partial charge is 0.147 e. The molecular formula is C13H11ClF2N2. The van der Waals surface area contributed by atoms with Crippen molar-refractivity contribution in [3.05, 3.63) is 58.9 Å². The van der Waals surface area contributed by atoms with Gasteiger partial charge in [-0.1, -0.05) is 11.6 Å². The van der Waals surface area contributed by atoms with Crippen molar-refractivity contribution in [1.82, 2.24) is 4.98 Å². The molecule has 94 valence electrons. The van der Waals surface area contributed by atoms with Crippen LogP contribution in [0.4, 0.5) is 14.5 Å².